The SMILES string of the molecule is CC1(CNC(=O)COCC(F)(F)F)CCNCC1.Cl. The number of hydrogen-bond acceptors (Lipinski definition) is 3. The molecule has 0 aromatic carbocycles. The maximum absolute atomic E-state index is 11.8. The minimum atomic E-state index is -4.39. The van der Waals surface area contributed by atoms with E-state index in [1.807, 2.05) is 0 Å². The van der Waals surface area contributed by atoms with Gasteiger partial charge in [-0.1, -0.05) is 6.92 Å². The quantitative estimate of drug-likeness (QED) is 0.809. The van der Waals surface area contributed by atoms with Crippen molar-refractivity contribution < 1.29 is 22.7 Å². The van der Waals surface area contributed by atoms with E-state index in [0.717, 1.165) is 25.9 Å². The van der Waals surface area contributed by atoms with Crippen LogP contribution in [0.15, 0.2) is 0 Å². The summed E-state index contributed by atoms with van der Waals surface area (Å²) in [7, 11) is 0. The Bertz CT molecular complexity index is 282. The predicted octanol–water partition coefficient (Wildman–Crippen LogP) is 1.49. The normalized spacial score (nSPS) is 18.5. The fraction of sp³-hybridized carbons (Fsp3) is 0.909. The van der Waals surface area contributed by atoms with Crippen molar-refractivity contribution in [2.75, 3.05) is 32.8 Å². The molecule has 1 aliphatic heterocycles. The summed E-state index contributed by atoms with van der Waals surface area (Å²) < 4.78 is 39.6. The summed E-state index contributed by atoms with van der Waals surface area (Å²) in [5.74, 6) is -0.501. The summed E-state index contributed by atoms with van der Waals surface area (Å²) >= 11 is 0. The second-order valence-electron chi connectivity index (χ2n) is 4.95. The molecule has 0 aromatic rings. The smallest absolute Gasteiger partial charge is 0.362 e. The Kier molecular flexibility index (Phi) is 7.69. The van der Waals surface area contributed by atoms with Gasteiger partial charge in [0.05, 0.1) is 0 Å². The van der Waals surface area contributed by atoms with Gasteiger partial charge in [-0.2, -0.15) is 13.2 Å². The molecule has 0 saturated carbocycles. The number of nitrogens with one attached hydrogen (secondary N) is 2. The lowest BCUT2D eigenvalue weighted by Crippen LogP contribution is -2.43. The van der Waals surface area contributed by atoms with Crippen molar-refractivity contribution in [3.05, 3.63) is 0 Å². The van der Waals surface area contributed by atoms with E-state index in [4.69, 9.17) is 0 Å². The molecular formula is C11H20ClF3N2O2. The van der Waals surface area contributed by atoms with Crippen LogP contribution >= 0.6 is 12.4 Å². The summed E-state index contributed by atoms with van der Waals surface area (Å²) in [5.41, 5.74) is 0.0188. The van der Waals surface area contributed by atoms with Gasteiger partial charge in [0.2, 0.25) is 5.91 Å². The minimum Gasteiger partial charge on any atom is -0.362 e. The van der Waals surface area contributed by atoms with Gasteiger partial charge in [-0.05, 0) is 31.3 Å². The van der Waals surface area contributed by atoms with E-state index in [9.17, 15) is 18.0 Å². The molecule has 0 aromatic heterocycles. The molecule has 0 spiro atoms. The maximum atomic E-state index is 11.8. The highest BCUT2D eigenvalue weighted by Gasteiger charge is 2.29. The van der Waals surface area contributed by atoms with E-state index >= 15 is 0 Å². The van der Waals surface area contributed by atoms with Gasteiger partial charge in [-0.25, -0.2) is 0 Å². The number of hydrogen-bond donors (Lipinski definition) is 2. The molecule has 114 valence electrons. The van der Waals surface area contributed by atoms with E-state index in [-0.39, 0.29) is 17.8 Å². The van der Waals surface area contributed by atoms with Crippen LogP contribution in [0.5, 0.6) is 0 Å². The highest BCUT2D eigenvalue weighted by Crippen LogP contribution is 2.26. The average molecular weight is 305 g/mol. The number of halogens is 4. The van der Waals surface area contributed by atoms with Gasteiger partial charge in [-0.3, -0.25) is 4.79 Å². The number of amides is 1. The summed E-state index contributed by atoms with van der Waals surface area (Å²) in [4.78, 5) is 11.3. The van der Waals surface area contributed by atoms with Crippen molar-refractivity contribution in [2.45, 2.75) is 25.9 Å². The lowest BCUT2D eigenvalue weighted by Gasteiger charge is -2.34. The fourth-order valence-corrected chi connectivity index (χ4v) is 1.83. The van der Waals surface area contributed by atoms with Crippen molar-refractivity contribution in [1.29, 1.82) is 0 Å². The summed E-state index contributed by atoms with van der Waals surface area (Å²) in [6.45, 7) is 2.40. The maximum Gasteiger partial charge on any atom is 0.411 e. The zero-order chi connectivity index (χ0) is 13.6. The van der Waals surface area contributed by atoms with Crippen molar-refractivity contribution in [2.24, 2.45) is 5.41 Å². The van der Waals surface area contributed by atoms with Crippen molar-refractivity contribution >= 4 is 18.3 Å². The van der Waals surface area contributed by atoms with Gasteiger partial charge in [0.1, 0.15) is 13.2 Å². The third-order valence-electron chi connectivity index (χ3n) is 3.02. The second-order valence-corrected chi connectivity index (χ2v) is 4.95. The summed E-state index contributed by atoms with van der Waals surface area (Å²) in [6, 6.07) is 0. The molecule has 1 fully saturated rings. The highest BCUT2D eigenvalue weighted by molar-refractivity contribution is 5.85. The molecule has 1 heterocycles. The fourth-order valence-electron chi connectivity index (χ4n) is 1.83. The second kappa shape index (κ2) is 7.91. The van der Waals surface area contributed by atoms with Gasteiger partial charge >= 0.3 is 6.18 Å². The van der Waals surface area contributed by atoms with Crippen LogP contribution in [0, 0.1) is 5.41 Å². The van der Waals surface area contributed by atoms with Crippen LogP contribution in [0.2, 0.25) is 0 Å². The number of ether oxygens (including phenoxy) is 1. The Morgan fingerprint density at radius 3 is 2.47 bits per heavy atom. The van der Waals surface area contributed by atoms with Crippen molar-refractivity contribution in [3.8, 4) is 0 Å². The monoisotopic (exact) mass is 304 g/mol. The highest BCUT2D eigenvalue weighted by atomic mass is 35.5. The molecule has 2 N–H and O–H groups in total. The molecule has 0 radical (unpaired) electrons. The van der Waals surface area contributed by atoms with Gasteiger partial charge in [0, 0.05) is 6.54 Å². The number of alkyl halides is 3. The van der Waals surface area contributed by atoms with Crippen LogP contribution in [0.25, 0.3) is 0 Å². The largest absolute Gasteiger partial charge is 0.411 e. The van der Waals surface area contributed by atoms with Crippen LogP contribution in [0.3, 0.4) is 0 Å². The Morgan fingerprint density at radius 1 is 1.37 bits per heavy atom. The first-order valence-electron chi connectivity index (χ1n) is 5.93. The third kappa shape index (κ3) is 8.28. The Labute approximate surface area is 116 Å². The van der Waals surface area contributed by atoms with Gasteiger partial charge in [0.25, 0.3) is 0 Å². The molecule has 0 aliphatic carbocycles. The van der Waals surface area contributed by atoms with Crippen molar-refractivity contribution in [3.63, 3.8) is 0 Å². The van der Waals surface area contributed by atoms with Crippen molar-refractivity contribution in [1.82, 2.24) is 10.6 Å². The molecular weight excluding hydrogens is 285 g/mol. The van der Waals surface area contributed by atoms with E-state index in [1.165, 1.54) is 0 Å². The molecule has 4 nitrogen and oxygen atoms in total. The van der Waals surface area contributed by atoms with Gasteiger partial charge in [-0.15, -0.1) is 12.4 Å². The first-order valence-corrected chi connectivity index (χ1v) is 5.93. The number of rotatable bonds is 5. The lowest BCUT2D eigenvalue weighted by atomic mass is 9.81. The standard InChI is InChI=1S/C11H19F3N2O2.ClH/c1-10(2-4-15-5-3-10)7-16-9(17)6-18-8-11(12,13)14;/h15H,2-8H2,1H3,(H,16,17);1H. The molecule has 19 heavy (non-hydrogen) atoms. The molecule has 0 unspecified atom stereocenters. The van der Waals surface area contributed by atoms with Crippen LogP contribution in [-0.2, 0) is 9.53 Å². The number of carbonyl (C=O) groups excluding carboxylic acids is 1. The van der Waals surface area contributed by atoms with Crippen LogP contribution in [-0.4, -0.2) is 44.9 Å². The predicted molar refractivity (Wildman–Crippen MR) is 67.3 cm³/mol. The minimum absolute atomic E-state index is 0. The zero-order valence-corrected chi connectivity index (χ0v) is 11.6. The third-order valence-corrected chi connectivity index (χ3v) is 3.02. The van der Waals surface area contributed by atoms with Gasteiger partial charge < -0.3 is 15.4 Å². The van der Waals surface area contributed by atoms with E-state index < -0.39 is 25.3 Å². The van der Waals surface area contributed by atoms with Crippen LogP contribution in [0.4, 0.5) is 13.2 Å². The van der Waals surface area contributed by atoms with E-state index in [1.54, 1.807) is 0 Å². The Balaban J connectivity index is 0.00000324. The lowest BCUT2D eigenvalue weighted by molar-refractivity contribution is -0.175. The average Bonchev–Trinajstić information content (AvgIpc) is 2.26. The van der Waals surface area contributed by atoms with E-state index in [2.05, 4.69) is 22.3 Å². The van der Waals surface area contributed by atoms with E-state index in [0.29, 0.717) is 6.54 Å². The number of piperidine rings is 1. The molecule has 1 saturated heterocycles. The summed E-state index contributed by atoms with van der Waals surface area (Å²) in [6.07, 6.45) is -2.51. The molecule has 1 aliphatic rings. The molecule has 0 atom stereocenters. The van der Waals surface area contributed by atoms with Crippen LogP contribution in [0.1, 0.15) is 19.8 Å². The molecule has 8 heteroatoms. The Morgan fingerprint density at radius 2 is 1.95 bits per heavy atom. The first kappa shape index (κ1) is 18.5. The molecule has 1 amide bonds. The number of carbonyl (C=O) groups is 1. The van der Waals surface area contributed by atoms with Crippen LogP contribution < -0.4 is 10.6 Å². The molecule has 0 bridgehead atoms. The zero-order valence-electron chi connectivity index (χ0n) is 10.8. The first-order chi connectivity index (χ1) is 8.31. The summed E-state index contributed by atoms with van der Waals surface area (Å²) in [5, 5.41) is 5.84. The topological polar surface area (TPSA) is 50.4 Å². The van der Waals surface area contributed by atoms with Gasteiger partial charge in [0.15, 0.2) is 0 Å². The molecule has 1 rings (SSSR count). The Hall–Kier alpha value is -0.530.